The highest BCUT2D eigenvalue weighted by Crippen LogP contribution is 2.22. The maximum atomic E-state index is 12.2. The number of nitrogens with zero attached hydrogens (tertiary/aromatic N) is 1. The van der Waals surface area contributed by atoms with Crippen LogP contribution in [0.4, 0.5) is 0 Å². The molecule has 0 aromatic carbocycles. The molecule has 1 heterocycles. The summed E-state index contributed by atoms with van der Waals surface area (Å²) in [5.41, 5.74) is 0. The van der Waals surface area contributed by atoms with Gasteiger partial charge in [-0.05, 0) is 12.8 Å². The van der Waals surface area contributed by atoms with Crippen molar-refractivity contribution < 1.29 is 18.0 Å². The van der Waals surface area contributed by atoms with E-state index >= 15 is 0 Å². The van der Waals surface area contributed by atoms with E-state index in [0.29, 0.717) is 13.0 Å². The number of carbonyl (C=O) groups is 2. The highest BCUT2D eigenvalue weighted by atomic mass is 32.2. The molecule has 1 aliphatic rings. The van der Waals surface area contributed by atoms with Gasteiger partial charge in [-0.1, -0.05) is 46.0 Å². The first-order valence-corrected chi connectivity index (χ1v) is 9.71. The van der Waals surface area contributed by atoms with E-state index in [0.717, 1.165) is 43.4 Å². The number of carbonyl (C=O) groups excluding carboxylic acids is 2. The van der Waals surface area contributed by atoms with Crippen molar-refractivity contribution in [2.24, 2.45) is 0 Å². The monoisotopic (exact) mass is 317 g/mol. The third kappa shape index (κ3) is 5.09. The molecule has 1 saturated heterocycles. The molecule has 5 nitrogen and oxygen atoms in total. The Bertz CT molecular complexity index is 458. The van der Waals surface area contributed by atoms with E-state index in [9.17, 15) is 18.0 Å². The predicted octanol–water partition coefficient (Wildman–Crippen LogP) is 2.30. The number of unbranched alkanes of at least 4 members (excludes halogenated alkanes) is 5. The van der Waals surface area contributed by atoms with Crippen LogP contribution in [0.5, 0.6) is 0 Å². The van der Waals surface area contributed by atoms with Crippen LogP contribution in [-0.2, 0) is 19.4 Å². The van der Waals surface area contributed by atoms with Crippen molar-refractivity contribution in [1.82, 2.24) is 4.90 Å². The number of hydrogen-bond donors (Lipinski definition) is 0. The van der Waals surface area contributed by atoms with Gasteiger partial charge in [-0.15, -0.1) is 0 Å². The molecule has 1 unspecified atom stereocenters. The Hall–Kier alpha value is -0.910. The molecule has 1 rings (SSSR count). The van der Waals surface area contributed by atoms with Gasteiger partial charge in [-0.2, -0.15) is 0 Å². The molecule has 0 bridgehead atoms. The zero-order valence-electron chi connectivity index (χ0n) is 13.1. The van der Waals surface area contributed by atoms with Gasteiger partial charge in [0, 0.05) is 6.54 Å². The van der Waals surface area contributed by atoms with E-state index in [1.54, 1.807) is 0 Å². The molecule has 6 heteroatoms. The van der Waals surface area contributed by atoms with Crippen molar-refractivity contribution in [3.05, 3.63) is 0 Å². The van der Waals surface area contributed by atoms with Crippen LogP contribution in [0.3, 0.4) is 0 Å². The largest absolute Gasteiger partial charge is 0.281 e. The second kappa shape index (κ2) is 8.51. The molecule has 1 fully saturated rings. The van der Waals surface area contributed by atoms with Crippen molar-refractivity contribution in [3.63, 3.8) is 0 Å². The lowest BCUT2D eigenvalue weighted by Gasteiger charge is -2.14. The van der Waals surface area contributed by atoms with E-state index in [2.05, 4.69) is 6.92 Å². The summed E-state index contributed by atoms with van der Waals surface area (Å²) in [7, 11) is -3.50. The van der Waals surface area contributed by atoms with Crippen LogP contribution in [0.15, 0.2) is 0 Å². The third-order valence-electron chi connectivity index (χ3n) is 3.90. The Labute approximate surface area is 128 Å². The van der Waals surface area contributed by atoms with Crippen molar-refractivity contribution in [2.45, 2.75) is 70.5 Å². The van der Waals surface area contributed by atoms with Gasteiger partial charge in [0.2, 0.25) is 11.8 Å². The fraction of sp³-hybridized carbons (Fsp3) is 0.867. The fourth-order valence-electron chi connectivity index (χ4n) is 2.53. The molecule has 0 N–H and O–H groups in total. The minimum Gasteiger partial charge on any atom is -0.281 e. The van der Waals surface area contributed by atoms with E-state index in [1.165, 1.54) is 0 Å². The Morgan fingerprint density at radius 1 is 1.00 bits per heavy atom. The topological polar surface area (TPSA) is 71.5 Å². The third-order valence-corrected chi connectivity index (χ3v) is 6.00. The molecule has 21 heavy (non-hydrogen) atoms. The number of rotatable bonds is 10. The van der Waals surface area contributed by atoms with Gasteiger partial charge in [-0.3, -0.25) is 14.5 Å². The summed E-state index contributed by atoms with van der Waals surface area (Å²) < 4.78 is 24.5. The molecular formula is C15H27NO4S. The lowest BCUT2D eigenvalue weighted by atomic mass is 10.2. The number of hydrogen-bond acceptors (Lipinski definition) is 4. The van der Waals surface area contributed by atoms with E-state index in [1.807, 2.05) is 6.92 Å². The maximum Gasteiger partial charge on any atom is 0.248 e. The van der Waals surface area contributed by atoms with Crippen LogP contribution in [0.25, 0.3) is 0 Å². The number of likely N-dealkylation sites (tertiary alicyclic amines) is 1. The molecular weight excluding hydrogens is 290 g/mol. The second-order valence-corrected chi connectivity index (χ2v) is 8.01. The standard InChI is InChI=1S/C15H27NO4S/c1-3-5-7-8-9-11-21(19,20)13-12-14(17)16(15(13)18)10-6-4-2/h13H,3-12H2,1-2H3. The summed E-state index contributed by atoms with van der Waals surface area (Å²) in [5.74, 6) is -0.836. The van der Waals surface area contributed by atoms with Crippen LogP contribution >= 0.6 is 0 Å². The first-order chi connectivity index (χ1) is 9.94. The van der Waals surface area contributed by atoms with Gasteiger partial charge >= 0.3 is 0 Å². The zero-order valence-corrected chi connectivity index (χ0v) is 14.0. The molecule has 1 aliphatic heterocycles. The summed E-state index contributed by atoms with van der Waals surface area (Å²) in [5, 5.41) is -1.13. The smallest absolute Gasteiger partial charge is 0.248 e. The molecule has 0 saturated carbocycles. The normalized spacial score (nSPS) is 19.5. The zero-order chi connectivity index (χ0) is 15.9. The highest BCUT2D eigenvalue weighted by molar-refractivity contribution is 7.92. The first kappa shape index (κ1) is 18.1. The molecule has 0 spiro atoms. The van der Waals surface area contributed by atoms with E-state index in [4.69, 9.17) is 0 Å². The van der Waals surface area contributed by atoms with Crippen LogP contribution in [-0.4, -0.2) is 42.7 Å². The van der Waals surface area contributed by atoms with Gasteiger partial charge in [-0.25, -0.2) is 8.42 Å². The molecule has 2 amide bonds. The second-order valence-electron chi connectivity index (χ2n) is 5.71. The maximum absolute atomic E-state index is 12.2. The lowest BCUT2D eigenvalue weighted by Crippen LogP contribution is -2.36. The van der Waals surface area contributed by atoms with Crippen LogP contribution < -0.4 is 0 Å². The number of sulfone groups is 1. The predicted molar refractivity (Wildman–Crippen MR) is 82.6 cm³/mol. The summed E-state index contributed by atoms with van der Waals surface area (Å²) >= 11 is 0. The quantitative estimate of drug-likeness (QED) is 0.458. The van der Waals surface area contributed by atoms with Crippen LogP contribution in [0.2, 0.25) is 0 Å². The molecule has 0 aromatic rings. The van der Waals surface area contributed by atoms with Crippen LogP contribution in [0.1, 0.15) is 65.2 Å². The molecule has 0 aromatic heterocycles. The Kier molecular flexibility index (Phi) is 7.35. The summed E-state index contributed by atoms with van der Waals surface area (Å²) in [4.78, 5) is 25.1. The van der Waals surface area contributed by atoms with Crippen LogP contribution in [0, 0.1) is 0 Å². The lowest BCUT2D eigenvalue weighted by molar-refractivity contribution is -0.138. The number of amides is 2. The van der Waals surface area contributed by atoms with Crippen molar-refractivity contribution in [2.75, 3.05) is 12.3 Å². The van der Waals surface area contributed by atoms with Crippen molar-refractivity contribution in [3.8, 4) is 0 Å². The molecule has 0 radical (unpaired) electrons. The highest BCUT2D eigenvalue weighted by Gasteiger charge is 2.45. The summed E-state index contributed by atoms with van der Waals surface area (Å²) in [6.45, 7) is 4.41. The van der Waals surface area contributed by atoms with Gasteiger partial charge in [0.05, 0.1) is 12.2 Å². The van der Waals surface area contributed by atoms with E-state index < -0.39 is 21.0 Å². The average Bonchev–Trinajstić information content (AvgIpc) is 2.72. The first-order valence-electron chi connectivity index (χ1n) is 7.99. The Morgan fingerprint density at radius 3 is 2.24 bits per heavy atom. The van der Waals surface area contributed by atoms with Gasteiger partial charge < -0.3 is 0 Å². The van der Waals surface area contributed by atoms with Gasteiger partial charge in [0.15, 0.2) is 9.84 Å². The average molecular weight is 317 g/mol. The molecule has 1 atom stereocenters. The summed E-state index contributed by atoms with van der Waals surface area (Å²) in [6.07, 6.45) is 6.09. The van der Waals surface area contributed by atoms with E-state index in [-0.39, 0.29) is 18.1 Å². The minimum absolute atomic E-state index is 0.0159. The number of imide groups is 1. The Balaban J connectivity index is 2.55. The molecule has 122 valence electrons. The van der Waals surface area contributed by atoms with Gasteiger partial charge in [0.25, 0.3) is 0 Å². The minimum atomic E-state index is -3.50. The Morgan fingerprint density at radius 2 is 1.62 bits per heavy atom. The SMILES string of the molecule is CCCCCCCS(=O)(=O)C1CC(=O)N(CCCC)C1=O. The molecule has 0 aliphatic carbocycles. The van der Waals surface area contributed by atoms with Gasteiger partial charge in [0.1, 0.15) is 5.25 Å². The van der Waals surface area contributed by atoms with Crippen molar-refractivity contribution in [1.29, 1.82) is 0 Å². The fourth-order valence-corrected chi connectivity index (χ4v) is 4.26. The summed E-state index contributed by atoms with van der Waals surface area (Å²) in [6, 6.07) is 0. The van der Waals surface area contributed by atoms with Crippen molar-refractivity contribution >= 4 is 21.7 Å².